The minimum Gasteiger partial charge on any atom is -0.330 e. The molecule has 0 unspecified atom stereocenters. The second-order valence-corrected chi connectivity index (χ2v) is 9.56. The number of piperazine rings is 1. The van der Waals surface area contributed by atoms with Crippen LogP contribution in [0.4, 0.5) is 0 Å². The van der Waals surface area contributed by atoms with Gasteiger partial charge in [0.25, 0.3) is 10.2 Å². The predicted molar refractivity (Wildman–Crippen MR) is 80.3 cm³/mol. The third-order valence-electron chi connectivity index (χ3n) is 4.23. The highest BCUT2D eigenvalue weighted by Crippen LogP contribution is 2.21. The summed E-state index contributed by atoms with van der Waals surface area (Å²) in [6.07, 6.45) is 2.73. The summed E-state index contributed by atoms with van der Waals surface area (Å²) in [5, 5.41) is 0. The van der Waals surface area contributed by atoms with E-state index in [2.05, 4.69) is 0 Å². The normalized spacial score (nSPS) is 25.2. The zero-order valence-corrected chi connectivity index (χ0v) is 13.9. The molecule has 2 saturated heterocycles. The first-order valence-corrected chi connectivity index (χ1v) is 10.4. The summed E-state index contributed by atoms with van der Waals surface area (Å²) in [6.45, 7) is 2.46. The maximum atomic E-state index is 12.5. The number of rotatable bonds is 4. The van der Waals surface area contributed by atoms with Crippen LogP contribution in [0.15, 0.2) is 0 Å². The molecule has 21 heavy (non-hydrogen) atoms. The van der Waals surface area contributed by atoms with Crippen LogP contribution >= 0.6 is 0 Å². The van der Waals surface area contributed by atoms with Crippen molar-refractivity contribution in [3.63, 3.8) is 0 Å². The van der Waals surface area contributed by atoms with Gasteiger partial charge in [0.2, 0.25) is 10.0 Å². The number of nitrogens with zero attached hydrogens (tertiary/aromatic N) is 3. The molecule has 0 amide bonds. The van der Waals surface area contributed by atoms with Crippen LogP contribution in [0.2, 0.25) is 0 Å². The molecule has 0 aromatic rings. The molecular formula is C11H24N4O4S2. The molecule has 2 aliphatic heterocycles. The van der Waals surface area contributed by atoms with E-state index in [4.69, 9.17) is 5.73 Å². The van der Waals surface area contributed by atoms with Crippen molar-refractivity contribution in [3.05, 3.63) is 0 Å². The van der Waals surface area contributed by atoms with Gasteiger partial charge in [0, 0.05) is 39.3 Å². The molecule has 2 N–H and O–H groups in total. The topological polar surface area (TPSA) is 104 Å². The lowest BCUT2D eigenvalue weighted by molar-refractivity contribution is 0.229. The van der Waals surface area contributed by atoms with Gasteiger partial charge in [-0.25, -0.2) is 8.42 Å². The minimum atomic E-state index is -3.48. The Morgan fingerprint density at radius 1 is 0.857 bits per heavy atom. The summed E-state index contributed by atoms with van der Waals surface area (Å²) in [5.41, 5.74) is 5.62. The monoisotopic (exact) mass is 340 g/mol. The summed E-state index contributed by atoms with van der Waals surface area (Å²) >= 11 is 0. The first-order valence-electron chi connectivity index (χ1n) is 7.15. The van der Waals surface area contributed by atoms with Crippen LogP contribution in [0.25, 0.3) is 0 Å². The van der Waals surface area contributed by atoms with Crippen molar-refractivity contribution in [3.8, 4) is 0 Å². The van der Waals surface area contributed by atoms with Gasteiger partial charge < -0.3 is 5.73 Å². The van der Waals surface area contributed by atoms with Crippen LogP contribution in [-0.4, -0.2) is 81.8 Å². The van der Waals surface area contributed by atoms with Crippen molar-refractivity contribution < 1.29 is 16.8 Å². The fourth-order valence-corrected chi connectivity index (χ4v) is 5.22. The highest BCUT2D eigenvalue weighted by atomic mass is 32.2. The van der Waals surface area contributed by atoms with E-state index in [1.165, 1.54) is 12.9 Å². The molecule has 2 heterocycles. The highest BCUT2D eigenvalue weighted by molar-refractivity contribution is 7.88. The fraction of sp³-hybridized carbons (Fsp3) is 1.00. The average Bonchev–Trinajstić information content (AvgIpc) is 2.46. The van der Waals surface area contributed by atoms with E-state index in [-0.39, 0.29) is 26.2 Å². The highest BCUT2D eigenvalue weighted by Gasteiger charge is 2.35. The van der Waals surface area contributed by atoms with Gasteiger partial charge >= 0.3 is 0 Å². The Morgan fingerprint density at radius 3 is 1.71 bits per heavy atom. The summed E-state index contributed by atoms with van der Waals surface area (Å²) in [7, 11) is -6.73. The van der Waals surface area contributed by atoms with Crippen LogP contribution in [0.1, 0.15) is 12.8 Å². The first kappa shape index (κ1) is 17.1. The Bertz CT molecular complexity index is 547. The predicted octanol–water partition coefficient (Wildman–Crippen LogP) is -1.52. The van der Waals surface area contributed by atoms with Crippen molar-refractivity contribution in [2.45, 2.75) is 12.8 Å². The lowest BCUT2D eigenvalue weighted by Gasteiger charge is -2.38. The van der Waals surface area contributed by atoms with Gasteiger partial charge in [-0.2, -0.15) is 21.3 Å². The summed E-state index contributed by atoms with van der Waals surface area (Å²) in [4.78, 5) is 0. The van der Waals surface area contributed by atoms with Crippen molar-refractivity contribution >= 4 is 20.2 Å². The first-order chi connectivity index (χ1) is 9.75. The molecule has 2 fully saturated rings. The van der Waals surface area contributed by atoms with Crippen molar-refractivity contribution in [2.24, 2.45) is 11.7 Å². The lowest BCUT2D eigenvalue weighted by Crippen LogP contribution is -2.55. The standard InChI is InChI=1S/C11H24N4O4S2/c1-20(16,17)13-6-8-15(9-7-13)21(18,19)14-4-2-11(10-12)3-5-14/h11H,2-10,12H2,1H3. The van der Waals surface area contributed by atoms with Gasteiger partial charge in [0.05, 0.1) is 6.26 Å². The molecule has 0 saturated carbocycles. The van der Waals surface area contributed by atoms with Crippen molar-refractivity contribution in [2.75, 3.05) is 52.1 Å². The molecule has 0 aromatic heterocycles. The van der Waals surface area contributed by atoms with E-state index in [0.29, 0.717) is 25.6 Å². The Balaban J connectivity index is 1.96. The number of hydrogen-bond donors (Lipinski definition) is 1. The zero-order chi connectivity index (χ0) is 15.7. The Morgan fingerprint density at radius 2 is 1.29 bits per heavy atom. The average molecular weight is 340 g/mol. The van der Waals surface area contributed by atoms with Gasteiger partial charge in [0.15, 0.2) is 0 Å². The van der Waals surface area contributed by atoms with Gasteiger partial charge in [-0.1, -0.05) is 0 Å². The second kappa shape index (κ2) is 6.47. The molecule has 2 rings (SSSR count). The van der Waals surface area contributed by atoms with Crippen LogP contribution in [0.5, 0.6) is 0 Å². The molecule has 8 nitrogen and oxygen atoms in total. The van der Waals surface area contributed by atoms with Gasteiger partial charge in [-0.15, -0.1) is 0 Å². The maximum Gasteiger partial charge on any atom is 0.282 e. The lowest BCUT2D eigenvalue weighted by atomic mass is 9.99. The number of piperidine rings is 1. The van der Waals surface area contributed by atoms with Crippen molar-refractivity contribution in [1.29, 1.82) is 0 Å². The fourth-order valence-electron chi connectivity index (χ4n) is 2.77. The SMILES string of the molecule is CS(=O)(=O)N1CCN(S(=O)(=O)N2CCC(CN)CC2)CC1. The molecule has 10 heteroatoms. The van der Waals surface area contributed by atoms with Crippen LogP contribution in [0.3, 0.4) is 0 Å². The molecule has 0 atom stereocenters. The number of nitrogens with two attached hydrogens (primary N) is 1. The molecule has 0 spiro atoms. The number of sulfonamides is 1. The Labute approximate surface area is 127 Å². The van der Waals surface area contributed by atoms with Gasteiger partial charge in [0.1, 0.15) is 0 Å². The van der Waals surface area contributed by atoms with Crippen LogP contribution in [-0.2, 0) is 20.2 Å². The van der Waals surface area contributed by atoms with E-state index in [0.717, 1.165) is 19.1 Å². The van der Waals surface area contributed by atoms with Gasteiger partial charge in [-0.05, 0) is 25.3 Å². The van der Waals surface area contributed by atoms with E-state index in [9.17, 15) is 16.8 Å². The molecule has 2 aliphatic rings. The number of hydrogen-bond acceptors (Lipinski definition) is 5. The summed E-state index contributed by atoms with van der Waals surface area (Å²) < 4.78 is 52.2. The van der Waals surface area contributed by atoms with E-state index < -0.39 is 20.2 Å². The Hall–Kier alpha value is -0.260. The zero-order valence-electron chi connectivity index (χ0n) is 12.3. The molecular weight excluding hydrogens is 316 g/mol. The summed E-state index contributed by atoms with van der Waals surface area (Å²) in [6, 6.07) is 0. The van der Waals surface area contributed by atoms with E-state index in [1.807, 2.05) is 0 Å². The third kappa shape index (κ3) is 3.93. The van der Waals surface area contributed by atoms with Crippen LogP contribution in [0, 0.1) is 5.92 Å². The smallest absolute Gasteiger partial charge is 0.282 e. The van der Waals surface area contributed by atoms with Crippen LogP contribution < -0.4 is 5.73 Å². The molecule has 0 radical (unpaired) electrons. The second-order valence-electron chi connectivity index (χ2n) is 5.65. The largest absolute Gasteiger partial charge is 0.330 e. The third-order valence-corrected chi connectivity index (χ3v) is 7.56. The minimum absolute atomic E-state index is 0.215. The van der Waals surface area contributed by atoms with E-state index in [1.54, 1.807) is 0 Å². The van der Waals surface area contributed by atoms with Crippen molar-refractivity contribution in [1.82, 2.24) is 12.9 Å². The summed E-state index contributed by atoms with van der Waals surface area (Å²) in [5.74, 6) is 0.401. The maximum absolute atomic E-state index is 12.5. The van der Waals surface area contributed by atoms with E-state index >= 15 is 0 Å². The molecule has 0 aliphatic carbocycles. The Kier molecular flexibility index (Phi) is 5.27. The quantitative estimate of drug-likeness (QED) is 0.669. The molecule has 0 bridgehead atoms. The molecule has 124 valence electrons. The molecule has 0 aromatic carbocycles. The van der Waals surface area contributed by atoms with Gasteiger partial charge in [-0.3, -0.25) is 0 Å².